The van der Waals surface area contributed by atoms with Gasteiger partial charge in [-0.15, -0.1) is 0 Å². The van der Waals surface area contributed by atoms with Crippen LogP contribution in [0.15, 0.2) is 24.3 Å². The Morgan fingerprint density at radius 2 is 1.48 bits per heavy atom. The van der Waals surface area contributed by atoms with Crippen molar-refractivity contribution in [3.05, 3.63) is 24.3 Å². The molecule has 4 amide bonds. The fourth-order valence-electron chi connectivity index (χ4n) is 6.37. The molecule has 0 aromatic rings. The van der Waals surface area contributed by atoms with Crippen LogP contribution in [-0.2, 0) is 19.2 Å². The van der Waals surface area contributed by atoms with Gasteiger partial charge in [0.2, 0.25) is 23.6 Å². The quantitative estimate of drug-likeness (QED) is 0.478. The molecular weight excluding hydrogens is 344 g/mol. The first-order chi connectivity index (χ1) is 12.8. The summed E-state index contributed by atoms with van der Waals surface area (Å²) >= 11 is 0. The molecule has 2 heterocycles. The first kappa shape index (κ1) is 16.9. The van der Waals surface area contributed by atoms with E-state index < -0.39 is 0 Å². The molecule has 4 aliphatic carbocycles. The van der Waals surface area contributed by atoms with Crippen molar-refractivity contribution in [2.45, 2.75) is 25.7 Å². The van der Waals surface area contributed by atoms with Crippen LogP contribution in [0.2, 0.25) is 0 Å². The van der Waals surface area contributed by atoms with E-state index in [2.05, 4.69) is 24.3 Å². The predicted octanol–water partition coefficient (Wildman–Crippen LogP) is 1.38. The maximum absolute atomic E-state index is 12.0. The number of likely N-dealkylation sites (tertiary alicyclic amines) is 2. The van der Waals surface area contributed by atoms with Crippen LogP contribution >= 0.6 is 0 Å². The van der Waals surface area contributed by atoms with Crippen molar-refractivity contribution in [1.29, 1.82) is 0 Å². The van der Waals surface area contributed by atoms with Crippen molar-refractivity contribution >= 4 is 23.6 Å². The van der Waals surface area contributed by atoms with E-state index in [9.17, 15) is 19.2 Å². The van der Waals surface area contributed by atoms with Crippen LogP contribution in [0, 0.1) is 40.9 Å². The molecule has 6 nitrogen and oxygen atoms in total. The van der Waals surface area contributed by atoms with Crippen molar-refractivity contribution in [2.24, 2.45) is 40.9 Å². The van der Waals surface area contributed by atoms with Crippen molar-refractivity contribution in [3.63, 3.8) is 0 Å². The topological polar surface area (TPSA) is 74.8 Å². The normalized spacial score (nSPS) is 45.6. The fourth-order valence-corrected chi connectivity index (χ4v) is 6.37. The van der Waals surface area contributed by atoms with E-state index >= 15 is 0 Å². The molecule has 6 rings (SSSR count). The molecule has 142 valence electrons. The molecule has 2 aliphatic heterocycles. The second-order valence-corrected chi connectivity index (χ2v) is 9.02. The molecule has 4 fully saturated rings. The number of amides is 4. The number of fused-ring (bicyclic) bond motifs is 8. The smallest absolute Gasteiger partial charge is 0.236 e. The summed E-state index contributed by atoms with van der Waals surface area (Å²) in [4.78, 5) is 49.4. The average molecular weight is 368 g/mol. The number of allylic oxidation sites excluding steroid dienone is 4. The molecule has 1 spiro atoms. The minimum Gasteiger partial charge on any atom is -0.285 e. The molecule has 6 heteroatoms. The van der Waals surface area contributed by atoms with Crippen LogP contribution in [0.25, 0.3) is 0 Å². The number of hydrogen-bond acceptors (Lipinski definition) is 4. The highest BCUT2D eigenvalue weighted by atomic mass is 16.2. The summed E-state index contributed by atoms with van der Waals surface area (Å²) in [6.07, 6.45) is 12.0. The summed E-state index contributed by atoms with van der Waals surface area (Å²) in [5.74, 6) is 1.64. The van der Waals surface area contributed by atoms with E-state index in [1.807, 2.05) is 0 Å². The Hall–Kier alpha value is -2.24. The van der Waals surface area contributed by atoms with Crippen LogP contribution in [0.5, 0.6) is 0 Å². The molecular formula is C21H24N2O4. The zero-order valence-corrected chi connectivity index (χ0v) is 15.6. The molecule has 2 saturated heterocycles. The highest BCUT2D eigenvalue weighted by Crippen LogP contribution is 2.57. The Balaban J connectivity index is 0.000000119. The first-order valence-electron chi connectivity index (χ1n) is 9.82. The van der Waals surface area contributed by atoms with Crippen LogP contribution < -0.4 is 0 Å². The summed E-state index contributed by atoms with van der Waals surface area (Å²) in [6, 6.07) is 0. The van der Waals surface area contributed by atoms with E-state index in [0.717, 1.165) is 19.3 Å². The highest BCUT2D eigenvalue weighted by Gasteiger charge is 2.60. The number of carbonyl (C=O) groups is 4. The van der Waals surface area contributed by atoms with Crippen molar-refractivity contribution < 1.29 is 19.2 Å². The van der Waals surface area contributed by atoms with Crippen LogP contribution in [0.4, 0.5) is 0 Å². The first-order valence-corrected chi connectivity index (χ1v) is 9.82. The molecule has 0 aromatic carbocycles. The maximum atomic E-state index is 12.0. The van der Waals surface area contributed by atoms with Gasteiger partial charge in [-0.2, -0.15) is 0 Å². The molecule has 0 N–H and O–H groups in total. The third-order valence-corrected chi connectivity index (χ3v) is 7.77. The standard InChI is InChI=1S/C11H13NO2.C10H11NO2/c1-12-9(13)6-11(10(12)14)5-7-2-3-8(11)4-7;1-11-9(12)7-5-2-3-6(4-5)8(7)10(11)13/h2-3,7-8H,4-6H2,1H3;2-3,5-8H,4H2,1H3. The molecule has 0 aromatic heterocycles. The third kappa shape index (κ3) is 2.07. The molecule has 6 aliphatic rings. The second-order valence-electron chi connectivity index (χ2n) is 9.02. The van der Waals surface area contributed by atoms with E-state index in [0.29, 0.717) is 30.1 Å². The fraction of sp³-hybridized carbons (Fsp3) is 0.619. The number of rotatable bonds is 0. The van der Waals surface area contributed by atoms with Gasteiger partial charge in [-0.3, -0.25) is 29.0 Å². The summed E-state index contributed by atoms with van der Waals surface area (Å²) in [7, 11) is 3.21. The van der Waals surface area contributed by atoms with E-state index in [4.69, 9.17) is 0 Å². The lowest BCUT2D eigenvalue weighted by Gasteiger charge is -2.27. The zero-order chi connectivity index (χ0) is 19.1. The predicted molar refractivity (Wildman–Crippen MR) is 95.7 cm³/mol. The summed E-state index contributed by atoms with van der Waals surface area (Å²) in [5.41, 5.74) is -0.342. The van der Waals surface area contributed by atoms with Crippen LogP contribution in [0.1, 0.15) is 25.7 Å². The third-order valence-electron chi connectivity index (χ3n) is 7.77. The van der Waals surface area contributed by atoms with Crippen molar-refractivity contribution in [1.82, 2.24) is 9.80 Å². The maximum Gasteiger partial charge on any atom is 0.236 e. The van der Waals surface area contributed by atoms with Crippen molar-refractivity contribution in [2.75, 3.05) is 14.1 Å². The number of imide groups is 2. The molecule has 4 bridgehead atoms. The van der Waals surface area contributed by atoms with Crippen LogP contribution in [0.3, 0.4) is 0 Å². The van der Waals surface area contributed by atoms with Gasteiger partial charge < -0.3 is 0 Å². The van der Waals surface area contributed by atoms with Gasteiger partial charge in [0.1, 0.15) is 0 Å². The van der Waals surface area contributed by atoms with E-state index in [1.165, 1.54) is 9.80 Å². The number of carbonyl (C=O) groups excluding carboxylic acids is 4. The summed E-state index contributed by atoms with van der Waals surface area (Å²) in [5, 5.41) is 0. The largest absolute Gasteiger partial charge is 0.285 e. The van der Waals surface area contributed by atoms with E-state index in [1.54, 1.807) is 14.1 Å². The highest BCUT2D eigenvalue weighted by molar-refractivity contribution is 6.06. The summed E-state index contributed by atoms with van der Waals surface area (Å²) in [6.45, 7) is 0. The Morgan fingerprint density at radius 3 is 1.93 bits per heavy atom. The van der Waals surface area contributed by atoms with Gasteiger partial charge in [-0.1, -0.05) is 24.3 Å². The lowest BCUT2D eigenvalue weighted by Crippen LogP contribution is -2.35. The monoisotopic (exact) mass is 368 g/mol. The second kappa shape index (κ2) is 5.40. The molecule has 7 atom stereocenters. The van der Waals surface area contributed by atoms with Crippen molar-refractivity contribution in [3.8, 4) is 0 Å². The molecule has 2 saturated carbocycles. The Labute approximate surface area is 158 Å². The molecule has 7 unspecified atom stereocenters. The van der Waals surface area contributed by atoms with Gasteiger partial charge >= 0.3 is 0 Å². The Bertz CT molecular complexity index is 800. The van der Waals surface area contributed by atoms with Gasteiger partial charge in [0.05, 0.1) is 17.3 Å². The van der Waals surface area contributed by atoms with Crippen LogP contribution in [-0.4, -0.2) is 47.5 Å². The number of hydrogen-bond donors (Lipinski definition) is 0. The van der Waals surface area contributed by atoms with Gasteiger partial charge in [-0.25, -0.2) is 0 Å². The zero-order valence-electron chi connectivity index (χ0n) is 15.6. The molecule has 0 radical (unpaired) electrons. The van der Waals surface area contributed by atoms with Gasteiger partial charge in [0, 0.05) is 20.5 Å². The number of nitrogens with zero attached hydrogens (tertiary/aromatic N) is 2. The Kier molecular flexibility index (Phi) is 3.38. The van der Waals surface area contributed by atoms with E-state index in [-0.39, 0.29) is 40.9 Å². The lowest BCUT2D eigenvalue weighted by molar-refractivity contribution is -0.141. The minimum absolute atomic E-state index is 0.00375. The lowest BCUT2D eigenvalue weighted by atomic mass is 9.74. The van der Waals surface area contributed by atoms with Gasteiger partial charge in [0.25, 0.3) is 0 Å². The van der Waals surface area contributed by atoms with Gasteiger partial charge in [0.15, 0.2) is 0 Å². The minimum atomic E-state index is -0.342. The van der Waals surface area contributed by atoms with Gasteiger partial charge in [-0.05, 0) is 42.9 Å². The summed E-state index contributed by atoms with van der Waals surface area (Å²) < 4.78 is 0. The average Bonchev–Trinajstić information content (AvgIpc) is 3.47. The molecule has 27 heavy (non-hydrogen) atoms. The SMILES string of the molecule is CN1C(=O)C2C3C=CC(C3)C2C1=O.CN1C(=O)CC2(CC3C=CC2C3)C1=O. The Morgan fingerprint density at radius 1 is 0.852 bits per heavy atom.